The molecule has 1 aliphatic rings. The number of carbonyl (C=O) groups excluding carboxylic acids is 2. The third kappa shape index (κ3) is 7.40. The fourth-order valence-corrected chi connectivity index (χ4v) is 6.05. The molecule has 1 atom stereocenters. The molecule has 0 spiro atoms. The summed E-state index contributed by atoms with van der Waals surface area (Å²) in [4.78, 5) is 38.9. The molecule has 0 aliphatic carbocycles. The molecule has 11 nitrogen and oxygen atoms in total. The van der Waals surface area contributed by atoms with E-state index in [9.17, 15) is 9.59 Å². The molecule has 1 saturated heterocycles. The largest absolute Gasteiger partial charge is 0.481 e. The van der Waals surface area contributed by atoms with E-state index in [4.69, 9.17) is 26.4 Å². The number of nitrogens with one attached hydrogen (secondary N) is 4. The summed E-state index contributed by atoms with van der Waals surface area (Å²) in [6, 6.07) is 11.4. The van der Waals surface area contributed by atoms with Gasteiger partial charge in [-0.3, -0.25) is 14.6 Å². The molecule has 1 unspecified atom stereocenters. The number of thiazole rings is 1. The van der Waals surface area contributed by atoms with E-state index in [-0.39, 0.29) is 24.5 Å². The van der Waals surface area contributed by atoms with Gasteiger partial charge in [-0.15, -0.1) is 11.3 Å². The minimum absolute atomic E-state index is 0.0440. The molecule has 4 heterocycles. The Kier molecular flexibility index (Phi) is 10.5. The highest BCUT2D eigenvalue weighted by atomic mass is 35.5. The molecule has 0 bridgehead atoms. The van der Waals surface area contributed by atoms with Gasteiger partial charge in [-0.25, -0.2) is 9.97 Å². The first-order valence-electron chi connectivity index (χ1n) is 14.2. The molecule has 0 saturated carbocycles. The molecule has 5 N–H and O–H groups in total. The fraction of sp³-hybridized carbons (Fsp3) is 0.323. The molecule has 1 aliphatic heterocycles. The maximum atomic E-state index is 13.0. The van der Waals surface area contributed by atoms with Crippen LogP contribution in [0.1, 0.15) is 38.6 Å². The van der Waals surface area contributed by atoms with E-state index in [0.717, 1.165) is 28.0 Å². The van der Waals surface area contributed by atoms with Gasteiger partial charge in [0.05, 0.1) is 30.1 Å². The van der Waals surface area contributed by atoms with E-state index in [0.29, 0.717) is 71.1 Å². The van der Waals surface area contributed by atoms with Gasteiger partial charge in [-0.1, -0.05) is 29.8 Å². The molecule has 3 aromatic heterocycles. The van der Waals surface area contributed by atoms with Crippen LogP contribution in [0.25, 0.3) is 22.5 Å². The third-order valence-electron chi connectivity index (χ3n) is 7.26. The van der Waals surface area contributed by atoms with Crippen molar-refractivity contribution in [1.29, 1.82) is 0 Å². The number of hydrogen-bond acceptors (Lipinski definition) is 10. The number of aromatic nitrogens is 3. The number of aliphatic hydroxyl groups excluding tert-OH is 1. The van der Waals surface area contributed by atoms with Crippen molar-refractivity contribution in [3.63, 3.8) is 0 Å². The Hall–Kier alpha value is -3.94. The van der Waals surface area contributed by atoms with Crippen molar-refractivity contribution in [2.24, 2.45) is 0 Å². The lowest BCUT2D eigenvalue weighted by Gasteiger charge is -2.15. The smallest absolute Gasteiger partial charge is 0.284 e. The van der Waals surface area contributed by atoms with Crippen molar-refractivity contribution in [2.45, 2.75) is 38.9 Å². The zero-order chi connectivity index (χ0) is 31.1. The highest BCUT2D eigenvalue weighted by molar-refractivity contribution is 7.13. The number of nitrogens with zero attached hydrogens (tertiary/aromatic N) is 3. The van der Waals surface area contributed by atoms with E-state index in [1.807, 2.05) is 43.3 Å². The van der Waals surface area contributed by atoms with Crippen LogP contribution in [0.5, 0.6) is 5.88 Å². The molecule has 2 amide bonds. The summed E-state index contributed by atoms with van der Waals surface area (Å²) < 4.78 is 5.60. The lowest BCUT2D eigenvalue weighted by molar-refractivity contribution is -0.119. The highest BCUT2D eigenvalue weighted by Crippen LogP contribution is 2.38. The molecular weight excluding hydrogens is 602 g/mol. The van der Waals surface area contributed by atoms with Gasteiger partial charge in [0.15, 0.2) is 5.01 Å². The first kappa shape index (κ1) is 31.5. The van der Waals surface area contributed by atoms with Crippen LogP contribution >= 0.6 is 22.9 Å². The third-order valence-corrected chi connectivity index (χ3v) is 8.64. The van der Waals surface area contributed by atoms with Gasteiger partial charge in [0.25, 0.3) is 5.91 Å². The molecule has 5 rings (SSSR count). The van der Waals surface area contributed by atoms with Gasteiger partial charge in [-0.2, -0.15) is 0 Å². The van der Waals surface area contributed by atoms with E-state index in [2.05, 4.69) is 31.2 Å². The SMILES string of the molecule is COc1nc(-c2ccnc(-c3cccc(NC(=O)c4ncc(CNCCO)s4)c3C)c2Cl)ccc1CNCC1CCC(=O)N1. The lowest BCUT2D eigenvalue weighted by Crippen LogP contribution is -2.35. The fourth-order valence-electron chi connectivity index (χ4n) is 4.96. The van der Waals surface area contributed by atoms with Crippen LogP contribution in [0.15, 0.2) is 48.8 Å². The van der Waals surface area contributed by atoms with Crippen LogP contribution in [-0.2, 0) is 17.9 Å². The van der Waals surface area contributed by atoms with Crippen molar-refractivity contribution in [3.8, 4) is 28.4 Å². The number of aliphatic hydroxyl groups is 1. The van der Waals surface area contributed by atoms with Crippen molar-refractivity contribution < 1.29 is 19.4 Å². The van der Waals surface area contributed by atoms with Crippen LogP contribution in [-0.4, -0.2) is 64.7 Å². The normalized spacial score (nSPS) is 14.5. The van der Waals surface area contributed by atoms with Crippen molar-refractivity contribution >= 4 is 40.4 Å². The van der Waals surface area contributed by atoms with E-state index < -0.39 is 0 Å². The van der Waals surface area contributed by atoms with Gasteiger partial charge in [0.1, 0.15) is 0 Å². The summed E-state index contributed by atoms with van der Waals surface area (Å²) in [6.07, 6.45) is 4.74. The number of anilines is 1. The topological polar surface area (TPSA) is 150 Å². The van der Waals surface area contributed by atoms with Crippen molar-refractivity contribution in [3.05, 3.63) is 74.8 Å². The van der Waals surface area contributed by atoms with E-state index in [1.54, 1.807) is 19.5 Å². The summed E-state index contributed by atoms with van der Waals surface area (Å²) in [5.74, 6) is 0.264. The molecule has 13 heteroatoms. The number of pyridine rings is 2. The van der Waals surface area contributed by atoms with E-state index in [1.165, 1.54) is 11.3 Å². The van der Waals surface area contributed by atoms with Crippen LogP contribution in [0, 0.1) is 6.92 Å². The molecule has 0 radical (unpaired) electrons. The number of hydrogen-bond donors (Lipinski definition) is 5. The second-order valence-electron chi connectivity index (χ2n) is 10.3. The average molecular weight is 636 g/mol. The number of halogens is 1. The Morgan fingerprint density at radius 1 is 1.16 bits per heavy atom. The van der Waals surface area contributed by atoms with Crippen LogP contribution in [0.3, 0.4) is 0 Å². The summed E-state index contributed by atoms with van der Waals surface area (Å²) in [7, 11) is 1.58. The highest BCUT2D eigenvalue weighted by Gasteiger charge is 2.21. The quantitative estimate of drug-likeness (QED) is 0.138. The Morgan fingerprint density at radius 3 is 2.80 bits per heavy atom. The number of rotatable bonds is 13. The van der Waals surface area contributed by atoms with Gasteiger partial charge in [0.2, 0.25) is 11.8 Å². The minimum Gasteiger partial charge on any atom is -0.481 e. The molecule has 1 fully saturated rings. The van der Waals surface area contributed by atoms with Gasteiger partial charge < -0.3 is 31.1 Å². The van der Waals surface area contributed by atoms with Crippen molar-refractivity contribution in [1.82, 2.24) is 30.9 Å². The van der Waals surface area contributed by atoms with Crippen LogP contribution in [0.4, 0.5) is 5.69 Å². The number of carbonyl (C=O) groups is 2. The second kappa shape index (κ2) is 14.7. The molecule has 4 aromatic rings. The van der Waals surface area contributed by atoms with Gasteiger partial charge >= 0.3 is 0 Å². The maximum absolute atomic E-state index is 13.0. The van der Waals surface area contributed by atoms with E-state index >= 15 is 0 Å². The number of methoxy groups -OCH3 is 1. The summed E-state index contributed by atoms with van der Waals surface area (Å²) in [6.45, 7) is 4.16. The van der Waals surface area contributed by atoms with Crippen molar-refractivity contribution in [2.75, 3.05) is 32.1 Å². The Bertz CT molecular complexity index is 1650. The summed E-state index contributed by atoms with van der Waals surface area (Å²) in [5, 5.41) is 22.1. The lowest BCUT2D eigenvalue weighted by atomic mass is 10.0. The minimum atomic E-state index is -0.310. The standard InChI is InChI=1S/C31H34ClN7O4S/c1-18-22(4-3-5-24(18)38-29(42)31-36-17-21(44-31)16-33-12-13-40)28-27(32)23(10-11-35-28)25-8-6-19(30(39-25)43-2)14-34-15-20-7-9-26(41)37-20/h3-6,8,10-11,17,20,33-34,40H,7,9,12-16H2,1-2H3,(H,37,41)(H,38,42). The predicted molar refractivity (Wildman–Crippen MR) is 171 cm³/mol. The first-order chi connectivity index (χ1) is 21.4. The van der Waals surface area contributed by atoms with Gasteiger partial charge in [0, 0.05) is 78.3 Å². The molecule has 1 aromatic carbocycles. The Morgan fingerprint density at radius 2 is 2.02 bits per heavy atom. The number of benzene rings is 1. The van der Waals surface area contributed by atoms with Gasteiger partial charge in [-0.05, 0) is 37.1 Å². The summed E-state index contributed by atoms with van der Waals surface area (Å²) in [5.41, 5.74) is 4.99. The second-order valence-corrected chi connectivity index (χ2v) is 11.8. The zero-order valence-corrected chi connectivity index (χ0v) is 26.0. The average Bonchev–Trinajstić information content (AvgIpc) is 3.68. The van der Waals surface area contributed by atoms with Crippen LogP contribution in [0.2, 0.25) is 5.02 Å². The number of ether oxygens (including phenoxy) is 1. The molecule has 230 valence electrons. The number of amides is 2. The first-order valence-corrected chi connectivity index (χ1v) is 15.4. The predicted octanol–water partition coefficient (Wildman–Crippen LogP) is 3.94. The molecule has 44 heavy (non-hydrogen) atoms. The zero-order valence-electron chi connectivity index (χ0n) is 24.4. The Balaban J connectivity index is 1.32. The molecular formula is C31H34ClN7O4S. The monoisotopic (exact) mass is 635 g/mol. The van der Waals surface area contributed by atoms with Crippen LogP contribution < -0.4 is 26.0 Å². The maximum Gasteiger partial charge on any atom is 0.284 e. The summed E-state index contributed by atoms with van der Waals surface area (Å²) >= 11 is 8.25. The Labute approximate surface area is 264 Å².